The van der Waals surface area contributed by atoms with Gasteiger partial charge in [0.1, 0.15) is 11.6 Å². The van der Waals surface area contributed by atoms with Crippen LogP contribution in [0, 0.1) is 0 Å². The Balaban J connectivity index is 1.66. The fraction of sp³-hybridized carbons (Fsp3) is 0.174. The van der Waals surface area contributed by atoms with Gasteiger partial charge in [-0.2, -0.15) is 0 Å². The van der Waals surface area contributed by atoms with E-state index in [1.54, 1.807) is 16.7 Å². The zero-order valence-electron chi connectivity index (χ0n) is 17.8. The van der Waals surface area contributed by atoms with E-state index in [1.165, 1.54) is 17.8 Å². The van der Waals surface area contributed by atoms with Crippen molar-refractivity contribution < 1.29 is 9.53 Å². The second-order valence-corrected chi connectivity index (χ2v) is 7.97. The van der Waals surface area contributed by atoms with Crippen molar-refractivity contribution in [2.45, 2.75) is 18.5 Å². The summed E-state index contributed by atoms with van der Waals surface area (Å²) in [5, 5.41) is 9.06. The third-order valence-corrected chi connectivity index (χ3v) is 5.63. The van der Waals surface area contributed by atoms with Gasteiger partial charge in [0.05, 0.1) is 12.4 Å². The van der Waals surface area contributed by atoms with Gasteiger partial charge in [0.2, 0.25) is 0 Å². The van der Waals surface area contributed by atoms with Gasteiger partial charge in [0.15, 0.2) is 10.9 Å². The van der Waals surface area contributed by atoms with Crippen LogP contribution < -0.4 is 16.0 Å². The van der Waals surface area contributed by atoms with Gasteiger partial charge in [0, 0.05) is 29.4 Å². The normalized spacial score (nSPS) is 10.8. The van der Waals surface area contributed by atoms with Crippen LogP contribution >= 0.6 is 11.8 Å². The zero-order valence-corrected chi connectivity index (χ0v) is 18.6. The van der Waals surface area contributed by atoms with Gasteiger partial charge in [-0.25, -0.2) is 4.79 Å². The Hall–Kier alpha value is -3.92. The Labute approximate surface area is 192 Å². The van der Waals surface area contributed by atoms with Crippen LogP contribution in [0.2, 0.25) is 0 Å². The number of hydrogen-bond acceptors (Lipinski definition) is 7. The summed E-state index contributed by atoms with van der Waals surface area (Å²) in [5.74, 6) is 1.39. The molecule has 0 spiro atoms. The lowest BCUT2D eigenvalue weighted by Gasteiger charge is -2.11. The molecule has 33 heavy (non-hydrogen) atoms. The Morgan fingerprint density at radius 2 is 1.79 bits per heavy atom. The quantitative estimate of drug-likeness (QED) is 0.289. The first-order valence-electron chi connectivity index (χ1n) is 10.2. The predicted molar refractivity (Wildman–Crippen MR) is 125 cm³/mol. The average molecular weight is 464 g/mol. The zero-order chi connectivity index (χ0) is 23.2. The van der Waals surface area contributed by atoms with E-state index in [2.05, 4.69) is 20.2 Å². The van der Waals surface area contributed by atoms with Crippen LogP contribution in [-0.2, 0) is 6.42 Å². The predicted octanol–water partition coefficient (Wildman–Crippen LogP) is 2.61. The third-order valence-electron chi connectivity index (χ3n) is 4.70. The second kappa shape index (κ2) is 10.1. The summed E-state index contributed by atoms with van der Waals surface area (Å²) in [5.41, 5.74) is 0.704. The number of ether oxygens (including phenoxy) is 1. The van der Waals surface area contributed by atoms with E-state index < -0.39 is 11.2 Å². The Morgan fingerprint density at radius 1 is 1.03 bits per heavy atom. The van der Waals surface area contributed by atoms with Gasteiger partial charge >= 0.3 is 5.69 Å². The number of thioether (sulfide) groups is 1. The molecule has 10 heteroatoms. The van der Waals surface area contributed by atoms with Gasteiger partial charge in [-0.3, -0.25) is 19.1 Å². The molecule has 0 saturated carbocycles. The molecule has 0 bridgehead atoms. The van der Waals surface area contributed by atoms with E-state index in [-0.39, 0.29) is 18.0 Å². The van der Waals surface area contributed by atoms with Crippen molar-refractivity contribution >= 4 is 17.5 Å². The highest BCUT2D eigenvalue weighted by Gasteiger charge is 2.17. The van der Waals surface area contributed by atoms with Crippen molar-refractivity contribution in [1.82, 2.24) is 24.7 Å². The molecule has 0 unspecified atom stereocenters. The van der Waals surface area contributed by atoms with E-state index in [4.69, 9.17) is 4.74 Å². The van der Waals surface area contributed by atoms with Gasteiger partial charge in [-0.15, -0.1) is 10.2 Å². The second-order valence-electron chi connectivity index (χ2n) is 7.03. The maximum absolute atomic E-state index is 12.6. The summed E-state index contributed by atoms with van der Waals surface area (Å²) in [4.78, 5) is 40.7. The topological polar surface area (TPSA) is 123 Å². The summed E-state index contributed by atoms with van der Waals surface area (Å²) in [6, 6.07) is 17.7. The first-order chi connectivity index (χ1) is 16.0. The molecule has 168 valence electrons. The molecule has 0 atom stereocenters. The number of nitrogens with one attached hydrogen (secondary N) is 2. The molecule has 0 fully saturated rings. The number of hydrogen-bond donors (Lipinski definition) is 2. The minimum atomic E-state index is -0.590. The number of H-pyrrole nitrogens is 2. The highest BCUT2D eigenvalue weighted by atomic mass is 32.2. The number of nitrogens with zero attached hydrogens (tertiary/aromatic N) is 3. The van der Waals surface area contributed by atoms with Crippen LogP contribution in [-0.4, -0.2) is 42.9 Å². The average Bonchev–Trinajstić information content (AvgIpc) is 3.20. The lowest BCUT2D eigenvalue weighted by molar-refractivity contribution is 0.102. The molecule has 0 aliphatic rings. The van der Waals surface area contributed by atoms with Crippen LogP contribution in [0.1, 0.15) is 28.8 Å². The maximum Gasteiger partial charge on any atom is 0.325 e. The molecule has 0 aliphatic heterocycles. The molecule has 2 heterocycles. The van der Waals surface area contributed by atoms with Crippen LogP contribution in [0.4, 0.5) is 0 Å². The third kappa shape index (κ3) is 5.47. The molecule has 2 N–H and O–H groups in total. The van der Waals surface area contributed by atoms with E-state index in [0.717, 1.165) is 11.4 Å². The molecule has 4 rings (SSSR count). The minimum absolute atomic E-state index is 0.0256. The molecule has 2 aromatic carbocycles. The number of aromatic amines is 2. The highest BCUT2D eigenvalue weighted by molar-refractivity contribution is 7.99. The Morgan fingerprint density at radius 3 is 2.48 bits per heavy atom. The van der Waals surface area contributed by atoms with Crippen LogP contribution in [0.5, 0.6) is 5.75 Å². The minimum Gasteiger partial charge on any atom is -0.494 e. The smallest absolute Gasteiger partial charge is 0.325 e. The molecule has 0 saturated heterocycles. The highest BCUT2D eigenvalue weighted by Crippen LogP contribution is 2.25. The molecule has 4 aromatic rings. The Kier molecular flexibility index (Phi) is 6.84. The molecule has 0 radical (unpaired) electrons. The molecular formula is C23H21N5O4S. The first-order valence-corrected chi connectivity index (χ1v) is 11.2. The van der Waals surface area contributed by atoms with E-state index in [0.29, 0.717) is 28.8 Å². The van der Waals surface area contributed by atoms with Crippen LogP contribution in [0.3, 0.4) is 0 Å². The lowest BCUT2D eigenvalue weighted by atomic mass is 10.2. The van der Waals surface area contributed by atoms with E-state index in [1.807, 2.05) is 49.4 Å². The van der Waals surface area contributed by atoms with Crippen molar-refractivity contribution in [3.8, 4) is 11.4 Å². The van der Waals surface area contributed by atoms with Crippen molar-refractivity contribution in [2.24, 2.45) is 0 Å². The van der Waals surface area contributed by atoms with Crippen molar-refractivity contribution in [3.63, 3.8) is 0 Å². The fourth-order valence-corrected chi connectivity index (χ4v) is 4.11. The van der Waals surface area contributed by atoms with Crippen LogP contribution in [0.15, 0.2) is 75.4 Å². The SMILES string of the molecule is CCOc1ccc(-n2c(Cc3cc(=O)[nH]c(=O)[nH]3)nnc2SCC(=O)c2ccccc2)cc1. The Bertz CT molecular complexity index is 1330. The summed E-state index contributed by atoms with van der Waals surface area (Å²) >= 11 is 1.27. The molecular weight excluding hydrogens is 442 g/mol. The monoisotopic (exact) mass is 463 g/mol. The van der Waals surface area contributed by atoms with E-state index in [9.17, 15) is 14.4 Å². The lowest BCUT2D eigenvalue weighted by Crippen LogP contribution is -2.23. The standard InChI is InChI=1S/C23H21N5O4S/c1-2-32-18-10-8-17(9-11-18)28-20(12-16-13-21(30)25-22(31)24-16)26-27-23(28)33-14-19(29)15-6-4-3-5-7-15/h3-11,13H,2,12,14H2,1H3,(H2,24,25,30,31). The number of carbonyl (C=O) groups excluding carboxylic acids is 1. The number of rotatable bonds is 9. The summed E-state index contributed by atoms with van der Waals surface area (Å²) in [6.45, 7) is 2.46. The van der Waals surface area contributed by atoms with Gasteiger partial charge in [0.25, 0.3) is 5.56 Å². The fourth-order valence-electron chi connectivity index (χ4n) is 3.25. The molecule has 2 aromatic heterocycles. The molecule has 0 amide bonds. The van der Waals surface area contributed by atoms with Gasteiger partial charge in [-0.1, -0.05) is 42.1 Å². The number of ketones is 1. The molecule has 0 aliphatic carbocycles. The van der Waals surface area contributed by atoms with Crippen molar-refractivity contribution in [3.05, 3.63) is 98.6 Å². The first kappa shape index (κ1) is 22.3. The number of benzene rings is 2. The van der Waals surface area contributed by atoms with Crippen molar-refractivity contribution in [1.29, 1.82) is 0 Å². The van der Waals surface area contributed by atoms with Crippen LogP contribution in [0.25, 0.3) is 5.69 Å². The number of carbonyl (C=O) groups is 1. The van der Waals surface area contributed by atoms with Gasteiger partial charge < -0.3 is 9.72 Å². The molecule has 9 nitrogen and oxygen atoms in total. The largest absolute Gasteiger partial charge is 0.494 e. The summed E-state index contributed by atoms with van der Waals surface area (Å²) < 4.78 is 7.32. The van der Waals surface area contributed by atoms with E-state index >= 15 is 0 Å². The summed E-state index contributed by atoms with van der Waals surface area (Å²) in [7, 11) is 0. The maximum atomic E-state index is 12.6. The number of Topliss-reactive ketones (excluding diaryl/α,β-unsaturated/α-hetero) is 1. The number of aromatic nitrogens is 5. The summed E-state index contributed by atoms with van der Waals surface area (Å²) in [6.07, 6.45) is 0.173. The van der Waals surface area contributed by atoms with Gasteiger partial charge in [-0.05, 0) is 31.2 Å². The van der Waals surface area contributed by atoms with Crippen molar-refractivity contribution in [2.75, 3.05) is 12.4 Å².